The molecular formula is C19H24ClFN2O3. The molecule has 0 saturated heterocycles. The van der Waals surface area contributed by atoms with Gasteiger partial charge in [0.25, 0.3) is 0 Å². The van der Waals surface area contributed by atoms with Crippen LogP contribution < -0.4 is 15.8 Å². The van der Waals surface area contributed by atoms with Crippen molar-refractivity contribution in [3.8, 4) is 5.75 Å². The van der Waals surface area contributed by atoms with E-state index in [1.165, 1.54) is 19.2 Å². The summed E-state index contributed by atoms with van der Waals surface area (Å²) in [5, 5.41) is 2.97. The summed E-state index contributed by atoms with van der Waals surface area (Å²) >= 11 is 0. The number of hydrogen-bond donors (Lipinski definition) is 2. The van der Waals surface area contributed by atoms with Crippen LogP contribution in [0.25, 0.3) is 0 Å². The predicted octanol–water partition coefficient (Wildman–Crippen LogP) is 2.83. The smallest absolute Gasteiger partial charge is 0.223 e. The van der Waals surface area contributed by atoms with Gasteiger partial charge in [-0.2, -0.15) is 0 Å². The zero-order chi connectivity index (χ0) is 18.2. The highest BCUT2D eigenvalue weighted by atomic mass is 35.5. The van der Waals surface area contributed by atoms with Gasteiger partial charge < -0.3 is 20.5 Å². The molecule has 142 valence electrons. The van der Waals surface area contributed by atoms with Crippen LogP contribution in [0.5, 0.6) is 5.75 Å². The highest BCUT2D eigenvalue weighted by Crippen LogP contribution is 2.24. The molecule has 0 aliphatic heterocycles. The van der Waals surface area contributed by atoms with Crippen LogP contribution in [0, 0.1) is 5.82 Å². The van der Waals surface area contributed by atoms with Crippen molar-refractivity contribution in [3.63, 3.8) is 0 Å². The number of methoxy groups -OCH3 is 2. The molecule has 0 radical (unpaired) electrons. The topological polar surface area (TPSA) is 73.6 Å². The van der Waals surface area contributed by atoms with Crippen LogP contribution in [0.3, 0.4) is 0 Å². The normalized spacial score (nSPS) is 12.6. The average molecular weight is 383 g/mol. The summed E-state index contributed by atoms with van der Waals surface area (Å²) in [4.78, 5) is 12.4. The third-order valence-corrected chi connectivity index (χ3v) is 3.97. The number of benzene rings is 2. The number of amides is 1. The van der Waals surface area contributed by atoms with Crippen molar-refractivity contribution in [1.29, 1.82) is 0 Å². The van der Waals surface area contributed by atoms with Gasteiger partial charge in [0.15, 0.2) is 0 Å². The fraction of sp³-hybridized carbons (Fsp3) is 0.316. The Kier molecular flexibility index (Phi) is 9.05. The zero-order valence-electron chi connectivity index (χ0n) is 14.8. The Morgan fingerprint density at radius 2 is 1.62 bits per heavy atom. The molecule has 0 aromatic heterocycles. The summed E-state index contributed by atoms with van der Waals surface area (Å²) < 4.78 is 23.6. The minimum atomic E-state index is -0.408. The first kappa shape index (κ1) is 21.9. The van der Waals surface area contributed by atoms with Gasteiger partial charge in [-0.25, -0.2) is 4.39 Å². The van der Waals surface area contributed by atoms with Crippen molar-refractivity contribution in [2.45, 2.75) is 18.6 Å². The van der Waals surface area contributed by atoms with Crippen LogP contribution >= 0.6 is 12.4 Å². The van der Waals surface area contributed by atoms with E-state index in [4.69, 9.17) is 15.2 Å². The largest absolute Gasteiger partial charge is 0.497 e. The molecule has 26 heavy (non-hydrogen) atoms. The molecule has 0 aliphatic carbocycles. The number of nitrogens with one attached hydrogen (secondary N) is 1. The van der Waals surface area contributed by atoms with Gasteiger partial charge in [-0.1, -0.05) is 24.3 Å². The lowest BCUT2D eigenvalue weighted by molar-refractivity contribution is -0.123. The molecule has 0 saturated carbocycles. The summed E-state index contributed by atoms with van der Waals surface area (Å²) in [5.74, 6) is 0.198. The van der Waals surface area contributed by atoms with Crippen LogP contribution in [0.1, 0.15) is 23.6 Å². The van der Waals surface area contributed by atoms with Crippen LogP contribution in [0.2, 0.25) is 0 Å². The molecule has 2 rings (SSSR count). The number of ether oxygens (including phenoxy) is 2. The van der Waals surface area contributed by atoms with Crippen molar-refractivity contribution in [2.75, 3.05) is 20.8 Å². The third-order valence-electron chi connectivity index (χ3n) is 3.97. The molecule has 2 atom stereocenters. The fourth-order valence-electron chi connectivity index (χ4n) is 2.50. The Morgan fingerprint density at radius 3 is 2.08 bits per heavy atom. The number of halogens is 2. The van der Waals surface area contributed by atoms with E-state index in [1.807, 2.05) is 24.3 Å². The molecule has 3 N–H and O–H groups in total. The van der Waals surface area contributed by atoms with Gasteiger partial charge >= 0.3 is 0 Å². The van der Waals surface area contributed by atoms with Gasteiger partial charge in [0, 0.05) is 13.7 Å². The van der Waals surface area contributed by atoms with Crippen molar-refractivity contribution in [3.05, 3.63) is 65.5 Å². The molecule has 7 heteroatoms. The van der Waals surface area contributed by atoms with Crippen LogP contribution in [-0.4, -0.2) is 32.8 Å². The van der Waals surface area contributed by atoms with Crippen molar-refractivity contribution in [1.82, 2.24) is 5.32 Å². The van der Waals surface area contributed by atoms with Gasteiger partial charge in [-0.15, -0.1) is 12.4 Å². The lowest BCUT2D eigenvalue weighted by Gasteiger charge is -2.21. The molecule has 0 spiro atoms. The molecule has 2 aromatic rings. The van der Waals surface area contributed by atoms with Crippen molar-refractivity contribution >= 4 is 18.3 Å². The first-order valence-electron chi connectivity index (χ1n) is 7.99. The Hall–Kier alpha value is -2.15. The van der Waals surface area contributed by atoms with E-state index in [-0.39, 0.29) is 43.2 Å². The maximum absolute atomic E-state index is 13.2. The summed E-state index contributed by atoms with van der Waals surface area (Å²) in [6.45, 7) is 0.258. The SMILES string of the molecule is COc1ccc(C(NC(=O)CC(CN)OC)c2ccc(F)cc2)cc1.Cl. The van der Waals surface area contributed by atoms with Gasteiger partial charge in [0.2, 0.25) is 5.91 Å². The Labute approximate surface area is 159 Å². The second-order valence-electron chi connectivity index (χ2n) is 5.62. The number of rotatable bonds is 8. The number of nitrogens with two attached hydrogens (primary N) is 1. The monoisotopic (exact) mass is 382 g/mol. The van der Waals surface area contributed by atoms with Gasteiger partial charge in [-0.3, -0.25) is 4.79 Å². The quantitative estimate of drug-likeness (QED) is 0.736. The molecule has 0 heterocycles. The van der Waals surface area contributed by atoms with E-state index in [1.54, 1.807) is 19.2 Å². The van der Waals surface area contributed by atoms with E-state index >= 15 is 0 Å². The van der Waals surface area contributed by atoms with Gasteiger partial charge in [0.05, 0.1) is 25.7 Å². The van der Waals surface area contributed by atoms with Gasteiger partial charge in [-0.05, 0) is 35.4 Å². The minimum Gasteiger partial charge on any atom is -0.497 e. The molecule has 0 fully saturated rings. The van der Waals surface area contributed by atoms with Crippen LogP contribution in [0.15, 0.2) is 48.5 Å². The third kappa shape index (κ3) is 5.98. The zero-order valence-corrected chi connectivity index (χ0v) is 15.6. The Balaban J connectivity index is 0.00000338. The maximum Gasteiger partial charge on any atom is 0.223 e. The van der Waals surface area contributed by atoms with Crippen LogP contribution in [-0.2, 0) is 9.53 Å². The van der Waals surface area contributed by atoms with E-state index < -0.39 is 6.04 Å². The number of hydrogen-bond acceptors (Lipinski definition) is 4. The highest BCUT2D eigenvalue weighted by molar-refractivity contribution is 5.85. The molecule has 0 bridgehead atoms. The van der Waals surface area contributed by atoms with E-state index in [0.717, 1.165) is 16.9 Å². The van der Waals surface area contributed by atoms with Crippen molar-refractivity contribution in [2.24, 2.45) is 5.73 Å². The fourth-order valence-corrected chi connectivity index (χ4v) is 2.50. The summed E-state index contributed by atoms with van der Waals surface area (Å²) in [6, 6.07) is 13.0. The minimum absolute atomic E-state index is 0. The number of carbonyl (C=O) groups is 1. The first-order valence-corrected chi connectivity index (χ1v) is 7.99. The highest BCUT2D eigenvalue weighted by Gasteiger charge is 2.19. The molecule has 0 aliphatic rings. The summed E-state index contributed by atoms with van der Waals surface area (Å²) in [7, 11) is 3.11. The average Bonchev–Trinajstić information content (AvgIpc) is 2.65. The lowest BCUT2D eigenvalue weighted by atomic mass is 9.98. The molecule has 1 amide bonds. The van der Waals surface area contributed by atoms with Crippen molar-refractivity contribution < 1.29 is 18.7 Å². The van der Waals surface area contributed by atoms with E-state index in [9.17, 15) is 9.18 Å². The van der Waals surface area contributed by atoms with Gasteiger partial charge in [0.1, 0.15) is 11.6 Å². The Morgan fingerprint density at radius 1 is 1.08 bits per heavy atom. The van der Waals surface area contributed by atoms with E-state index in [2.05, 4.69) is 5.32 Å². The summed E-state index contributed by atoms with van der Waals surface area (Å²) in [6.07, 6.45) is -0.189. The van der Waals surface area contributed by atoms with E-state index in [0.29, 0.717) is 0 Å². The summed E-state index contributed by atoms with van der Waals surface area (Å²) in [5.41, 5.74) is 7.22. The van der Waals surface area contributed by atoms with Crippen LogP contribution in [0.4, 0.5) is 4.39 Å². The molecular weight excluding hydrogens is 359 g/mol. The second kappa shape index (κ2) is 10.8. The predicted molar refractivity (Wildman–Crippen MR) is 101 cm³/mol. The molecule has 5 nitrogen and oxygen atoms in total. The molecule has 2 aromatic carbocycles. The lowest BCUT2D eigenvalue weighted by Crippen LogP contribution is -2.34. The number of carbonyl (C=O) groups excluding carboxylic acids is 1. The Bertz CT molecular complexity index is 676. The maximum atomic E-state index is 13.2. The second-order valence-corrected chi connectivity index (χ2v) is 5.62. The first-order chi connectivity index (χ1) is 12.1. The molecule has 2 unspecified atom stereocenters. The standard InChI is InChI=1S/C19H23FN2O3.ClH/c1-24-16-9-5-14(6-10-16)19(13-3-7-15(20)8-4-13)22-18(23)11-17(12-21)25-2;/h3-10,17,19H,11-12,21H2,1-2H3,(H,22,23);1H.